The van der Waals surface area contributed by atoms with Crippen molar-refractivity contribution in [3.8, 4) is 0 Å². The van der Waals surface area contributed by atoms with E-state index in [2.05, 4.69) is 41.5 Å². The third-order valence-corrected chi connectivity index (χ3v) is 19.8. The molecule has 0 fully saturated rings. The van der Waals surface area contributed by atoms with Crippen molar-refractivity contribution in [2.24, 2.45) is 11.8 Å². The van der Waals surface area contributed by atoms with Gasteiger partial charge in [-0.25, -0.2) is 9.13 Å². The van der Waals surface area contributed by atoms with Crippen molar-refractivity contribution < 1.29 is 80.2 Å². The molecule has 17 nitrogen and oxygen atoms in total. The van der Waals surface area contributed by atoms with Gasteiger partial charge in [-0.2, -0.15) is 0 Å². The molecule has 0 rings (SSSR count). The zero-order chi connectivity index (χ0) is 68.6. The Hall–Kier alpha value is -1.94. The molecular formula is C74H144O17P2. The van der Waals surface area contributed by atoms with Gasteiger partial charge in [0.25, 0.3) is 0 Å². The van der Waals surface area contributed by atoms with Crippen LogP contribution in [0.2, 0.25) is 0 Å². The number of aliphatic hydroxyl groups excluding tert-OH is 1. The van der Waals surface area contributed by atoms with Crippen LogP contribution < -0.4 is 0 Å². The highest BCUT2D eigenvalue weighted by molar-refractivity contribution is 7.47. The Labute approximate surface area is 568 Å². The van der Waals surface area contributed by atoms with Crippen molar-refractivity contribution in [3.05, 3.63) is 0 Å². The number of carbonyl (C=O) groups is 4. The van der Waals surface area contributed by atoms with Gasteiger partial charge in [-0.3, -0.25) is 37.3 Å². The van der Waals surface area contributed by atoms with Crippen LogP contribution in [0, 0.1) is 11.8 Å². The number of aliphatic hydroxyl groups is 1. The second-order valence-corrected chi connectivity index (χ2v) is 30.1. The van der Waals surface area contributed by atoms with Crippen LogP contribution in [0.4, 0.5) is 0 Å². The summed E-state index contributed by atoms with van der Waals surface area (Å²) >= 11 is 0. The van der Waals surface area contributed by atoms with Crippen LogP contribution in [-0.2, 0) is 65.4 Å². The topological polar surface area (TPSA) is 237 Å². The van der Waals surface area contributed by atoms with Gasteiger partial charge in [0.1, 0.15) is 19.3 Å². The van der Waals surface area contributed by atoms with Gasteiger partial charge in [0.2, 0.25) is 0 Å². The van der Waals surface area contributed by atoms with E-state index in [0.29, 0.717) is 25.7 Å². The largest absolute Gasteiger partial charge is 0.472 e. The molecule has 0 spiro atoms. The minimum absolute atomic E-state index is 0.102. The molecule has 0 saturated carbocycles. The summed E-state index contributed by atoms with van der Waals surface area (Å²) in [5.74, 6) is -0.673. The summed E-state index contributed by atoms with van der Waals surface area (Å²) in [6.45, 7) is 9.48. The van der Waals surface area contributed by atoms with Crippen molar-refractivity contribution in [2.45, 2.75) is 400 Å². The number of hydrogen-bond donors (Lipinski definition) is 3. The molecule has 0 aromatic heterocycles. The predicted molar refractivity (Wildman–Crippen MR) is 377 cm³/mol. The van der Waals surface area contributed by atoms with Crippen LogP contribution in [-0.4, -0.2) is 96.7 Å². The highest BCUT2D eigenvalue weighted by Gasteiger charge is 2.30. The summed E-state index contributed by atoms with van der Waals surface area (Å²) in [6, 6.07) is 0. The molecule has 0 aliphatic heterocycles. The second kappa shape index (κ2) is 66.0. The summed E-state index contributed by atoms with van der Waals surface area (Å²) in [5.41, 5.74) is 0. The van der Waals surface area contributed by atoms with E-state index in [4.69, 9.17) is 37.0 Å². The Balaban J connectivity index is 5.18. The highest BCUT2D eigenvalue weighted by Crippen LogP contribution is 2.45. The summed E-state index contributed by atoms with van der Waals surface area (Å²) < 4.78 is 68.4. The average molecular weight is 1370 g/mol. The summed E-state index contributed by atoms with van der Waals surface area (Å²) in [5, 5.41) is 10.6. The van der Waals surface area contributed by atoms with E-state index in [-0.39, 0.29) is 25.7 Å². The highest BCUT2D eigenvalue weighted by atomic mass is 31.2. The molecular weight excluding hydrogens is 1220 g/mol. The maximum absolute atomic E-state index is 13.1. The lowest BCUT2D eigenvalue weighted by Crippen LogP contribution is -2.30. The van der Waals surface area contributed by atoms with E-state index in [0.717, 1.165) is 108 Å². The van der Waals surface area contributed by atoms with Gasteiger partial charge in [0.15, 0.2) is 12.2 Å². The number of esters is 4. The Kier molecular flexibility index (Phi) is 64.6. The van der Waals surface area contributed by atoms with E-state index in [9.17, 15) is 43.2 Å². The molecule has 0 bridgehead atoms. The lowest BCUT2D eigenvalue weighted by Gasteiger charge is -2.21. The number of rotatable bonds is 73. The SMILES string of the molecule is CCCCCCCCCCCCCCCCCCCCCCCC(=O)O[C@H](COC(=O)CCCCCCCCCCCCCC)COP(=O)(O)OC[C@@H](O)COP(=O)(O)OC[C@@H](COC(=O)CCCCCCCCC(C)CC)OC(=O)CCCCCCCCC(C)CC. The van der Waals surface area contributed by atoms with Gasteiger partial charge >= 0.3 is 39.5 Å². The maximum atomic E-state index is 13.1. The standard InChI is InChI=1S/C74H144O17P2/c1-7-11-13-15-17-19-21-23-24-25-26-27-28-29-30-31-33-35-37-46-52-58-73(78)90-69(62-84-71(76)56-50-44-36-34-32-22-20-18-16-14-12-8-2)64-88-92(80,81)86-60-68(75)61-87-93(82,83)89-65-70(91-74(79)59-53-47-41-39-43-49-55-67(6)10-4)63-85-72(77)57-51-45-40-38-42-48-54-66(5)9-3/h66-70,75H,7-65H2,1-6H3,(H,80,81)(H,82,83)/t66?,67?,68-,69-,70-/m1/s1. The summed E-state index contributed by atoms with van der Waals surface area (Å²) in [6.07, 6.45) is 52.9. The van der Waals surface area contributed by atoms with E-state index in [1.165, 1.54) is 193 Å². The number of phosphoric ester groups is 2. The Morgan fingerprint density at radius 1 is 0.301 bits per heavy atom. The minimum atomic E-state index is -4.95. The van der Waals surface area contributed by atoms with Gasteiger partial charge in [-0.05, 0) is 37.5 Å². The van der Waals surface area contributed by atoms with Crippen molar-refractivity contribution >= 4 is 39.5 Å². The normalized spacial score (nSPS) is 14.6. The van der Waals surface area contributed by atoms with Gasteiger partial charge in [-0.15, -0.1) is 0 Å². The van der Waals surface area contributed by atoms with E-state index < -0.39 is 97.5 Å². The lowest BCUT2D eigenvalue weighted by atomic mass is 10.00. The van der Waals surface area contributed by atoms with Gasteiger partial charge in [-0.1, -0.05) is 330 Å². The van der Waals surface area contributed by atoms with E-state index in [1.54, 1.807) is 0 Å². The molecule has 0 aliphatic carbocycles. The molecule has 0 aromatic carbocycles. The molecule has 552 valence electrons. The molecule has 4 unspecified atom stereocenters. The summed E-state index contributed by atoms with van der Waals surface area (Å²) in [7, 11) is -9.90. The Bertz CT molecular complexity index is 1810. The van der Waals surface area contributed by atoms with Crippen LogP contribution in [0.1, 0.15) is 382 Å². The molecule has 0 radical (unpaired) electrons. The predicted octanol–water partition coefficient (Wildman–Crippen LogP) is 21.6. The fourth-order valence-electron chi connectivity index (χ4n) is 11.2. The first-order valence-electron chi connectivity index (χ1n) is 38.6. The van der Waals surface area contributed by atoms with E-state index >= 15 is 0 Å². The number of unbranched alkanes of at least 4 members (excludes halogenated alkanes) is 41. The van der Waals surface area contributed by atoms with Crippen molar-refractivity contribution in [2.75, 3.05) is 39.6 Å². The fraction of sp³-hybridized carbons (Fsp3) is 0.946. The molecule has 0 amide bonds. The zero-order valence-corrected chi connectivity index (χ0v) is 62.3. The first-order chi connectivity index (χ1) is 44.9. The quantitative estimate of drug-likeness (QED) is 0.0222. The molecule has 0 aliphatic rings. The number of hydrogen-bond acceptors (Lipinski definition) is 15. The van der Waals surface area contributed by atoms with Crippen molar-refractivity contribution in [1.82, 2.24) is 0 Å². The third-order valence-electron chi connectivity index (χ3n) is 17.9. The monoisotopic (exact) mass is 1370 g/mol. The average Bonchev–Trinajstić information content (AvgIpc) is 2.79. The van der Waals surface area contributed by atoms with Gasteiger partial charge in [0, 0.05) is 25.7 Å². The molecule has 0 saturated heterocycles. The number of phosphoric acid groups is 2. The first-order valence-corrected chi connectivity index (χ1v) is 41.6. The smallest absolute Gasteiger partial charge is 0.462 e. The van der Waals surface area contributed by atoms with Crippen LogP contribution in [0.3, 0.4) is 0 Å². The Morgan fingerprint density at radius 3 is 0.763 bits per heavy atom. The minimum Gasteiger partial charge on any atom is -0.462 e. The van der Waals surface area contributed by atoms with Crippen molar-refractivity contribution in [3.63, 3.8) is 0 Å². The molecule has 7 atom stereocenters. The van der Waals surface area contributed by atoms with Crippen LogP contribution in [0.15, 0.2) is 0 Å². The molecule has 19 heteroatoms. The van der Waals surface area contributed by atoms with E-state index in [1.807, 2.05) is 0 Å². The Morgan fingerprint density at radius 2 is 0.516 bits per heavy atom. The number of ether oxygens (including phenoxy) is 4. The zero-order valence-electron chi connectivity index (χ0n) is 60.6. The third kappa shape index (κ3) is 65.8. The van der Waals surface area contributed by atoms with Crippen molar-refractivity contribution in [1.29, 1.82) is 0 Å². The van der Waals surface area contributed by atoms with Crippen LogP contribution >= 0.6 is 15.6 Å². The molecule has 0 heterocycles. The fourth-order valence-corrected chi connectivity index (χ4v) is 12.8. The van der Waals surface area contributed by atoms with Gasteiger partial charge < -0.3 is 33.8 Å². The maximum Gasteiger partial charge on any atom is 0.472 e. The van der Waals surface area contributed by atoms with Crippen LogP contribution in [0.5, 0.6) is 0 Å². The molecule has 0 aromatic rings. The molecule has 93 heavy (non-hydrogen) atoms. The van der Waals surface area contributed by atoms with Crippen LogP contribution in [0.25, 0.3) is 0 Å². The first kappa shape index (κ1) is 91.1. The summed E-state index contributed by atoms with van der Waals surface area (Å²) in [4.78, 5) is 72.6. The van der Waals surface area contributed by atoms with Gasteiger partial charge in [0.05, 0.1) is 26.4 Å². The number of carbonyl (C=O) groups excluding carboxylic acids is 4. The second-order valence-electron chi connectivity index (χ2n) is 27.2. The lowest BCUT2D eigenvalue weighted by molar-refractivity contribution is -0.161. The molecule has 3 N–H and O–H groups in total.